The van der Waals surface area contributed by atoms with E-state index in [9.17, 15) is 4.79 Å². The van der Waals surface area contributed by atoms with Crippen LogP contribution in [-0.4, -0.2) is 17.7 Å². The first kappa shape index (κ1) is 16.0. The lowest BCUT2D eigenvalue weighted by molar-refractivity contribution is 0.240. The van der Waals surface area contributed by atoms with Gasteiger partial charge >= 0.3 is 6.03 Å². The first-order chi connectivity index (χ1) is 10.7. The molecular formula is C18H22N2O2. The molecule has 4 nitrogen and oxygen atoms in total. The molecule has 0 aliphatic carbocycles. The molecule has 0 heterocycles. The van der Waals surface area contributed by atoms with E-state index < -0.39 is 0 Å². The van der Waals surface area contributed by atoms with E-state index in [0.29, 0.717) is 13.1 Å². The smallest absolute Gasteiger partial charge is 0.315 e. The largest absolute Gasteiger partial charge is 0.392 e. The second-order valence-electron chi connectivity index (χ2n) is 5.32. The van der Waals surface area contributed by atoms with Crippen molar-refractivity contribution in [1.82, 2.24) is 10.6 Å². The fourth-order valence-corrected chi connectivity index (χ4v) is 2.20. The number of rotatable bonds is 6. The van der Waals surface area contributed by atoms with Gasteiger partial charge in [0, 0.05) is 13.1 Å². The van der Waals surface area contributed by atoms with Crippen molar-refractivity contribution < 1.29 is 9.90 Å². The molecule has 2 rings (SSSR count). The van der Waals surface area contributed by atoms with Gasteiger partial charge in [0.15, 0.2) is 0 Å². The minimum atomic E-state index is -0.168. The second kappa shape index (κ2) is 8.20. The van der Waals surface area contributed by atoms with Crippen LogP contribution in [0, 0.1) is 6.92 Å². The van der Waals surface area contributed by atoms with E-state index in [1.807, 2.05) is 30.3 Å². The van der Waals surface area contributed by atoms with Crippen molar-refractivity contribution >= 4 is 6.03 Å². The Kier molecular flexibility index (Phi) is 5.98. The molecule has 0 saturated heterocycles. The monoisotopic (exact) mass is 298 g/mol. The number of carbonyl (C=O) groups excluding carboxylic acids is 1. The molecule has 3 N–H and O–H groups in total. The lowest BCUT2D eigenvalue weighted by Crippen LogP contribution is -2.36. The van der Waals surface area contributed by atoms with Crippen molar-refractivity contribution in [3.05, 3.63) is 70.8 Å². The Bertz CT molecular complexity index is 609. The van der Waals surface area contributed by atoms with Crippen LogP contribution in [0.3, 0.4) is 0 Å². The molecule has 2 amide bonds. The molecule has 0 aliphatic heterocycles. The number of aryl methyl sites for hydroxylation is 1. The molecule has 2 aromatic carbocycles. The van der Waals surface area contributed by atoms with E-state index in [4.69, 9.17) is 5.11 Å². The number of nitrogens with one attached hydrogen (secondary N) is 2. The first-order valence-corrected chi connectivity index (χ1v) is 7.43. The Labute approximate surface area is 131 Å². The third kappa shape index (κ3) is 5.22. The maximum atomic E-state index is 11.7. The molecule has 2 aromatic rings. The van der Waals surface area contributed by atoms with Crippen LogP contribution in [0.25, 0.3) is 0 Å². The van der Waals surface area contributed by atoms with E-state index in [1.165, 1.54) is 11.1 Å². The zero-order valence-electron chi connectivity index (χ0n) is 12.8. The van der Waals surface area contributed by atoms with Crippen LogP contribution in [0.15, 0.2) is 48.5 Å². The summed E-state index contributed by atoms with van der Waals surface area (Å²) in [5.74, 6) is 0. The van der Waals surface area contributed by atoms with Gasteiger partial charge in [0.25, 0.3) is 0 Å². The summed E-state index contributed by atoms with van der Waals surface area (Å²) in [6.45, 7) is 3.18. The molecule has 0 atom stereocenters. The quantitative estimate of drug-likeness (QED) is 0.767. The van der Waals surface area contributed by atoms with Crippen molar-refractivity contribution in [2.24, 2.45) is 0 Å². The lowest BCUT2D eigenvalue weighted by atomic mass is 10.1. The molecule has 0 aromatic heterocycles. The Balaban J connectivity index is 1.69. The highest BCUT2D eigenvalue weighted by molar-refractivity contribution is 5.73. The highest BCUT2D eigenvalue weighted by Crippen LogP contribution is 2.05. The standard InChI is InChI=1S/C18H22N2O2/c1-14-3-2-4-15(11-14)9-10-19-18(22)20-12-16-5-7-17(13-21)8-6-16/h2-8,11,21H,9-10,12-13H2,1H3,(H2,19,20,22). The van der Waals surface area contributed by atoms with Crippen molar-refractivity contribution in [2.45, 2.75) is 26.5 Å². The zero-order chi connectivity index (χ0) is 15.8. The summed E-state index contributed by atoms with van der Waals surface area (Å²) < 4.78 is 0. The van der Waals surface area contributed by atoms with Crippen LogP contribution in [0.5, 0.6) is 0 Å². The molecule has 0 spiro atoms. The van der Waals surface area contributed by atoms with Crippen molar-refractivity contribution in [1.29, 1.82) is 0 Å². The number of aliphatic hydroxyl groups is 1. The average Bonchev–Trinajstić information content (AvgIpc) is 2.53. The first-order valence-electron chi connectivity index (χ1n) is 7.43. The average molecular weight is 298 g/mol. The number of urea groups is 1. The topological polar surface area (TPSA) is 61.4 Å². The van der Waals surface area contributed by atoms with Crippen LogP contribution in [0.2, 0.25) is 0 Å². The minimum absolute atomic E-state index is 0.0349. The van der Waals surface area contributed by atoms with Gasteiger partial charge in [0.2, 0.25) is 0 Å². The predicted octanol–water partition coefficient (Wildman–Crippen LogP) is 2.53. The fraction of sp³-hybridized carbons (Fsp3) is 0.278. The van der Waals surface area contributed by atoms with E-state index in [2.05, 4.69) is 35.8 Å². The van der Waals surface area contributed by atoms with Crippen molar-refractivity contribution in [3.63, 3.8) is 0 Å². The number of aliphatic hydroxyl groups excluding tert-OH is 1. The molecule has 0 bridgehead atoms. The van der Waals surface area contributed by atoms with Gasteiger partial charge in [-0.2, -0.15) is 0 Å². The number of hydrogen-bond donors (Lipinski definition) is 3. The van der Waals surface area contributed by atoms with Crippen LogP contribution >= 0.6 is 0 Å². The summed E-state index contributed by atoms with van der Waals surface area (Å²) in [7, 11) is 0. The summed E-state index contributed by atoms with van der Waals surface area (Å²) in [5.41, 5.74) is 4.32. The third-order valence-corrected chi connectivity index (χ3v) is 3.44. The van der Waals surface area contributed by atoms with Gasteiger partial charge in [0.05, 0.1) is 6.61 Å². The lowest BCUT2D eigenvalue weighted by Gasteiger charge is -2.08. The van der Waals surface area contributed by atoms with Gasteiger partial charge in [-0.15, -0.1) is 0 Å². The maximum absolute atomic E-state index is 11.7. The Hall–Kier alpha value is -2.33. The summed E-state index contributed by atoms with van der Waals surface area (Å²) in [6, 6.07) is 15.6. The number of amides is 2. The van der Waals surface area contributed by atoms with Gasteiger partial charge in [-0.05, 0) is 30.0 Å². The number of hydrogen-bond acceptors (Lipinski definition) is 2. The van der Waals surface area contributed by atoms with Gasteiger partial charge in [-0.1, -0.05) is 54.1 Å². The molecule has 0 aliphatic rings. The highest BCUT2D eigenvalue weighted by Gasteiger charge is 2.01. The number of benzene rings is 2. The normalized spacial score (nSPS) is 10.3. The molecule has 0 saturated carbocycles. The molecule has 116 valence electrons. The molecule has 0 radical (unpaired) electrons. The number of carbonyl (C=O) groups is 1. The maximum Gasteiger partial charge on any atom is 0.315 e. The third-order valence-electron chi connectivity index (χ3n) is 3.44. The minimum Gasteiger partial charge on any atom is -0.392 e. The molecular weight excluding hydrogens is 276 g/mol. The molecule has 22 heavy (non-hydrogen) atoms. The van der Waals surface area contributed by atoms with Gasteiger partial charge < -0.3 is 15.7 Å². The van der Waals surface area contributed by atoms with Gasteiger partial charge in [-0.25, -0.2) is 4.79 Å². The molecule has 4 heteroatoms. The Morgan fingerprint density at radius 1 is 1.00 bits per heavy atom. The van der Waals surface area contributed by atoms with Crippen LogP contribution in [0.4, 0.5) is 4.79 Å². The van der Waals surface area contributed by atoms with E-state index in [1.54, 1.807) is 0 Å². The van der Waals surface area contributed by atoms with E-state index in [-0.39, 0.29) is 12.6 Å². The van der Waals surface area contributed by atoms with E-state index >= 15 is 0 Å². The van der Waals surface area contributed by atoms with Crippen LogP contribution in [0.1, 0.15) is 22.3 Å². The molecule has 0 unspecified atom stereocenters. The summed E-state index contributed by atoms with van der Waals surface area (Å²) in [4.78, 5) is 11.7. The summed E-state index contributed by atoms with van der Waals surface area (Å²) in [5, 5.41) is 14.6. The molecule has 0 fully saturated rings. The second-order valence-corrected chi connectivity index (χ2v) is 5.32. The zero-order valence-corrected chi connectivity index (χ0v) is 12.8. The summed E-state index contributed by atoms with van der Waals surface area (Å²) >= 11 is 0. The van der Waals surface area contributed by atoms with E-state index in [0.717, 1.165) is 17.5 Å². The van der Waals surface area contributed by atoms with Crippen molar-refractivity contribution in [2.75, 3.05) is 6.54 Å². The fourth-order valence-electron chi connectivity index (χ4n) is 2.20. The predicted molar refractivity (Wildman–Crippen MR) is 87.5 cm³/mol. The Morgan fingerprint density at radius 2 is 1.73 bits per heavy atom. The van der Waals surface area contributed by atoms with Gasteiger partial charge in [-0.3, -0.25) is 0 Å². The SMILES string of the molecule is Cc1cccc(CCNC(=O)NCc2ccc(CO)cc2)c1. The van der Waals surface area contributed by atoms with Crippen LogP contribution < -0.4 is 10.6 Å². The highest BCUT2D eigenvalue weighted by atomic mass is 16.3. The van der Waals surface area contributed by atoms with Crippen molar-refractivity contribution in [3.8, 4) is 0 Å². The Morgan fingerprint density at radius 3 is 2.41 bits per heavy atom. The van der Waals surface area contributed by atoms with Gasteiger partial charge in [0.1, 0.15) is 0 Å². The van der Waals surface area contributed by atoms with Crippen LogP contribution in [-0.2, 0) is 19.6 Å². The summed E-state index contributed by atoms with van der Waals surface area (Å²) in [6.07, 6.45) is 0.820.